The van der Waals surface area contributed by atoms with Gasteiger partial charge in [0.25, 0.3) is 5.78 Å². The Morgan fingerprint density at radius 1 is 1.11 bits per heavy atom. The van der Waals surface area contributed by atoms with E-state index in [1.807, 2.05) is 30.3 Å². The van der Waals surface area contributed by atoms with Crippen molar-refractivity contribution in [2.75, 3.05) is 0 Å². The molecule has 0 heterocycles. The van der Waals surface area contributed by atoms with E-state index in [1.54, 1.807) is 6.92 Å². The van der Waals surface area contributed by atoms with Crippen LogP contribution in [0.5, 0.6) is 0 Å². The van der Waals surface area contributed by atoms with Crippen LogP contribution in [0.15, 0.2) is 41.7 Å². The summed E-state index contributed by atoms with van der Waals surface area (Å²) in [6, 6.07) is 9.50. The number of hydrogen-bond acceptors (Lipinski definition) is 3. The molecule has 0 saturated carbocycles. The predicted molar refractivity (Wildman–Crippen MR) is 67.4 cm³/mol. The molecule has 0 aliphatic heterocycles. The molecule has 18 heavy (non-hydrogen) atoms. The zero-order chi connectivity index (χ0) is 13.5. The van der Waals surface area contributed by atoms with Crippen LogP contribution in [-0.2, 0) is 16.0 Å². The number of hydrogen-bond donors (Lipinski definition) is 2. The summed E-state index contributed by atoms with van der Waals surface area (Å²) in [4.78, 5) is 21.9. The van der Waals surface area contributed by atoms with Crippen molar-refractivity contribution in [3.8, 4) is 0 Å². The number of carboxylic acids is 1. The Hall–Kier alpha value is -2.10. The second kappa shape index (κ2) is 6.59. The third-order valence-corrected chi connectivity index (χ3v) is 2.66. The fraction of sp³-hybridized carbons (Fsp3) is 0.286. The van der Waals surface area contributed by atoms with Gasteiger partial charge >= 0.3 is 5.97 Å². The van der Waals surface area contributed by atoms with E-state index in [4.69, 9.17) is 5.11 Å². The Labute approximate surface area is 106 Å². The van der Waals surface area contributed by atoms with Crippen LogP contribution in [0.3, 0.4) is 0 Å². The van der Waals surface area contributed by atoms with Crippen LogP contribution >= 0.6 is 0 Å². The molecule has 4 heteroatoms. The average Bonchev–Trinajstić information content (AvgIpc) is 2.38. The Kier molecular flexibility index (Phi) is 5.11. The number of benzene rings is 1. The lowest BCUT2D eigenvalue weighted by atomic mass is 10.0. The summed E-state index contributed by atoms with van der Waals surface area (Å²) >= 11 is 0. The minimum atomic E-state index is -1.53. The van der Waals surface area contributed by atoms with E-state index in [0.29, 0.717) is 6.42 Å². The standard InChI is InChI=1S/C14H16O4/c1-2-11(13(16)14(17)18)12(15)9-8-10-6-4-3-5-7-10/h3-7,15H,2,8-9H2,1H3,(H,17,18). The summed E-state index contributed by atoms with van der Waals surface area (Å²) in [6.45, 7) is 1.65. The molecule has 1 aromatic carbocycles. The van der Waals surface area contributed by atoms with E-state index < -0.39 is 11.8 Å². The number of ketones is 1. The smallest absolute Gasteiger partial charge is 0.377 e. The van der Waals surface area contributed by atoms with Crippen molar-refractivity contribution in [1.82, 2.24) is 0 Å². The van der Waals surface area contributed by atoms with Gasteiger partial charge in [-0.25, -0.2) is 4.79 Å². The molecule has 2 N–H and O–H groups in total. The second-order valence-electron chi connectivity index (χ2n) is 3.90. The van der Waals surface area contributed by atoms with E-state index >= 15 is 0 Å². The Morgan fingerprint density at radius 2 is 1.72 bits per heavy atom. The molecule has 4 nitrogen and oxygen atoms in total. The molecule has 0 saturated heterocycles. The third-order valence-electron chi connectivity index (χ3n) is 2.66. The summed E-state index contributed by atoms with van der Waals surface area (Å²) in [5.74, 6) is -2.69. The molecule has 1 aromatic rings. The molecule has 0 radical (unpaired) electrons. The van der Waals surface area contributed by atoms with E-state index in [1.165, 1.54) is 0 Å². The first kappa shape index (κ1) is 14.0. The van der Waals surface area contributed by atoms with Crippen molar-refractivity contribution in [2.45, 2.75) is 26.2 Å². The van der Waals surface area contributed by atoms with Crippen LogP contribution in [0.4, 0.5) is 0 Å². The predicted octanol–water partition coefficient (Wildman–Crippen LogP) is 2.50. The van der Waals surface area contributed by atoms with E-state index in [0.717, 1.165) is 5.56 Å². The van der Waals surface area contributed by atoms with Gasteiger partial charge in [-0.1, -0.05) is 37.3 Å². The van der Waals surface area contributed by atoms with Gasteiger partial charge in [-0.05, 0) is 18.4 Å². The molecular formula is C14H16O4. The fourth-order valence-corrected chi connectivity index (χ4v) is 1.68. The molecule has 0 atom stereocenters. The van der Waals surface area contributed by atoms with Crippen molar-refractivity contribution in [2.24, 2.45) is 0 Å². The normalized spacial score (nSPS) is 11.8. The van der Waals surface area contributed by atoms with Gasteiger partial charge in [-0.15, -0.1) is 0 Å². The Balaban J connectivity index is 2.75. The first-order valence-electron chi connectivity index (χ1n) is 5.78. The molecule has 0 spiro atoms. The summed E-state index contributed by atoms with van der Waals surface area (Å²) in [7, 11) is 0. The number of aliphatic carboxylic acids is 1. The number of Topliss-reactive ketones (excluding diaryl/α,β-unsaturated/α-hetero) is 1. The van der Waals surface area contributed by atoms with Crippen LogP contribution in [-0.4, -0.2) is 22.0 Å². The largest absolute Gasteiger partial charge is 0.512 e. The molecule has 0 fully saturated rings. The van der Waals surface area contributed by atoms with Crippen LogP contribution < -0.4 is 0 Å². The van der Waals surface area contributed by atoms with Crippen LogP contribution in [0.25, 0.3) is 0 Å². The van der Waals surface area contributed by atoms with Gasteiger partial charge in [0.2, 0.25) is 0 Å². The molecule has 0 unspecified atom stereocenters. The van der Waals surface area contributed by atoms with Gasteiger partial charge in [0, 0.05) is 12.0 Å². The second-order valence-corrected chi connectivity index (χ2v) is 3.90. The van der Waals surface area contributed by atoms with Gasteiger partial charge in [0.15, 0.2) is 0 Å². The highest BCUT2D eigenvalue weighted by atomic mass is 16.4. The molecular weight excluding hydrogens is 232 g/mol. The van der Waals surface area contributed by atoms with Crippen LogP contribution in [0.2, 0.25) is 0 Å². The van der Waals surface area contributed by atoms with Gasteiger partial charge in [-0.2, -0.15) is 0 Å². The maximum atomic E-state index is 11.3. The molecule has 0 bridgehead atoms. The number of allylic oxidation sites excluding steroid dienone is 1. The first-order chi connectivity index (χ1) is 8.56. The lowest BCUT2D eigenvalue weighted by Gasteiger charge is -2.06. The monoisotopic (exact) mass is 248 g/mol. The zero-order valence-electron chi connectivity index (χ0n) is 10.2. The van der Waals surface area contributed by atoms with Crippen molar-refractivity contribution in [1.29, 1.82) is 0 Å². The summed E-state index contributed by atoms with van der Waals surface area (Å²) < 4.78 is 0. The van der Waals surface area contributed by atoms with Gasteiger partial charge < -0.3 is 10.2 Å². The Bertz CT molecular complexity index is 460. The molecule has 0 aromatic heterocycles. The molecule has 96 valence electrons. The molecule has 0 amide bonds. The molecule has 1 rings (SSSR count). The maximum absolute atomic E-state index is 11.3. The average molecular weight is 248 g/mol. The number of carbonyl (C=O) groups excluding carboxylic acids is 1. The minimum absolute atomic E-state index is 0.0153. The van der Waals surface area contributed by atoms with Crippen molar-refractivity contribution in [3.05, 3.63) is 47.2 Å². The molecule has 0 aliphatic carbocycles. The van der Waals surface area contributed by atoms with Gasteiger partial charge in [0.05, 0.1) is 5.76 Å². The van der Waals surface area contributed by atoms with Crippen molar-refractivity contribution < 1.29 is 19.8 Å². The topological polar surface area (TPSA) is 74.6 Å². The number of carboxylic acid groups (broad SMARTS) is 1. The van der Waals surface area contributed by atoms with Crippen LogP contribution in [0, 0.1) is 0 Å². The van der Waals surface area contributed by atoms with E-state index in [9.17, 15) is 14.7 Å². The van der Waals surface area contributed by atoms with E-state index in [-0.39, 0.29) is 24.2 Å². The Morgan fingerprint density at radius 3 is 2.22 bits per heavy atom. The minimum Gasteiger partial charge on any atom is -0.512 e. The SMILES string of the molecule is CCC(C(=O)C(=O)O)=C(O)CCc1ccccc1. The maximum Gasteiger partial charge on any atom is 0.377 e. The number of carbonyl (C=O) groups is 2. The third kappa shape index (κ3) is 3.73. The molecule has 0 aliphatic rings. The highest BCUT2D eigenvalue weighted by Gasteiger charge is 2.19. The summed E-state index contributed by atoms with van der Waals surface area (Å²) in [6.07, 6.45) is 1.06. The first-order valence-corrected chi connectivity index (χ1v) is 5.78. The number of aryl methyl sites for hydroxylation is 1. The van der Waals surface area contributed by atoms with Gasteiger partial charge in [0.1, 0.15) is 0 Å². The lowest BCUT2D eigenvalue weighted by molar-refractivity contribution is -0.147. The number of aliphatic hydroxyl groups is 1. The number of rotatable bonds is 6. The summed E-state index contributed by atoms with van der Waals surface area (Å²) in [5, 5.41) is 18.4. The van der Waals surface area contributed by atoms with Crippen molar-refractivity contribution >= 4 is 11.8 Å². The summed E-state index contributed by atoms with van der Waals surface area (Å²) in [5.41, 5.74) is 1.01. The fourth-order valence-electron chi connectivity index (χ4n) is 1.68. The number of aliphatic hydroxyl groups excluding tert-OH is 1. The zero-order valence-corrected chi connectivity index (χ0v) is 10.2. The lowest BCUT2D eigenvalue weighted by Crippen LogP contribution is -2.16. The highest BCUT2D eigenvalue weighted by molar-refractivity contribution is 6.39. The van der Waals surface area contributed by atoms with Crippen molar-refractivity contribution in [3.63, 3.8) is 0 Å². The highest BCUT2D eigenvalue weighted by Crippen LogP contribution is 2.14. The van der Waals surface area contributed by atoms with Gasteiger partial charge in [-0.3, -0.25) is 4.79 Å². The quantitative estimate of drug-likeness (QED) is 0.461. The van der Waals surface area contributed by atoms with Crippen LogP contribution in [0.1, 0.15) is 25.3 Å². The van der Waals surface area contributed by atoms with E-state index in [2.05, 4.69) is 0 Å².